The molecule has 4 rings (SSSR count). The molecule has 0 radical (unpaired) electrons. The van der Waals surface area contributed by atoms with E-state index < -0.39 is 18.5 Å². The number of amides is 1. The largest absolute Gasteiger partial charge is 0.452 e. The van der Waals surface area contributed by atoms with Crippen LogP contribution in [0.25, 0.3) is 22.4 Å². The summed E-state index contributed by atoms with van der Waals surface area (Å²) < 4.78 is 10.5. The third-order valence-electron chi connectivity index (χ3n) is 4.98. The van der Waals surface area contributed by atoms with Crippen LogP contribution < -0.4 is 5.32 Å². The smallest absolute Gasteiger partial charge is 0.339 e. The van der Waals surface area contributed by atoms with Gasteiger partial charge in [0.15, 0.2) is 12.4 Å². The fourth-order valence-electron chi connectivity index (χ4n) is 3.15. The second-order valence-electron chi connectivity index (χ2n) is 7.39. The molecule has 33 heavy (non-hydrogen) atoms. The Balaban J connectivity index is 1.56. The third-order valence-corrected chi connectivity index (χ3v) is 5.82. The zero-order chi connectivity index (χ0) is 23.7. The van der Waals surface area contributed by atoms with E-state index in [4.69, 9.17) is 32.5 Å². The number of ether oxygens (including phenoxy) is 1. The second kappa shape index (κ2) is 9.17. The Bertz CT molecular complexity index is 1380. The Labute approximate surface area is 198 Å². The Morgan fingerprint density at radius 2 is 1.85 bits per heavy atom. The van der Waals surface area contributed by atoms with Crippen LogP contribution in [0.4, 0.5) is 5.82 Å². The molecule has 1 amide bonds. The van der Waals surface area contributed by atoms with Gasteiger partial charge < -0.3 is 14.6 Å². The monoisotopic (exact) mass is 484 g/mol. The molecule has 0 aliphatic heterocycles. The van der Waals surface area contributed by atoms with Gasteiger partial charge in [0.1, 0.15) is 0 Å². The molecule has 168 valence electrons. The molecule has 1 aromatic carbocycles. The first-order valence-corrected chi connectivity index (χ1v) is 10.6. The van der Waals surface area contributed by atoms with Gasteiger partial charge in [-0.25, -0.2) is 14.8 Å². The summed E-state index contributed by atoms with van der Waals surface area (Å²) in [5.74, 6) is -1.20. The van der Waals surface area contributed by atoms with E-state index in [9.17, 15) is 9.59 Å². The zero-order valence-corrected chi connectivity index (χ0v) is 19.4. The lowest BCUT2D eigenvalue weighted by Gasteiger charge is -2.10. The first-order chi connectivity index (χ1) is 15.7. The van der Waals surface area contributed by atoms with Gasteiger partial charge in [0, 0.05) is 11.8 Å². The zero-order valence-electron chi connectivity index (χ0n) is 17.9. The van der Waals surface area contributed by atoms with E-state index in [1.807, 2.05) is 31.2 Å². The summed E-state index contributed by atoms with van der Waals surface area (Å²) in [5, 5.41) is 7.42. The van der Waals surface area contributed by atoms with Crippen LogP contribution in [0.2, 0.25) is 10.0 Å². The molecule has 0 bridgehead atoms. The highest BCUT2D eigenvalue weighted by atomic mass is 35.5. The summed E-state index contributed by atoms with van der Waals surface area (Å²) in [5.41, 5.74) is 3.86. The summed E-state index contributed by atoms with van der Waals surface area (Å²) >= 11 is 12.1. The van der Waals surface area contributed by atoms with Gasteiger partial charge in [0.2, 0.25) is 0 Å². The van der Waals surface area contributed by atoms with Crippen molar-refractivity contribution in [1.29, 1.82) is 0 Å². The van der Waals surface area contributed by atoms with Crippen molar-refractivity contribution in [2.24, 2.45) is 0 Å². The predicted molar refractivity (Wildman–Crippen MR) is 125 cm³/mol. The summed E-state index contributed by atoms with van der Waals surface area (Å²) in [6.07, 6.45) is 1.37. The predicted octanol–water partition coefficient (Wildman–Crippen LogP) is 5.31. The van der Waals surface area contributed by atoms with Crippen molar-refractivity contribution in [2.75, 3.05) is 11.9 Å². The number of pyridine rings is 2. The van der Waals surface area contributed by atoms with Crippen LogP contribution >= 0.6 is 23.2 Å². The van der Waals surface area contributed by atoms with Gasteiger partial charge in [-0.15, -0.1) is 0 Å². The average Bonchev–Trinajstić information content (AvgIpc) is 3.18. The highest BCUT2D eigenvalue weighted by Crippen LogP contribution is 2.29. The highest BCUT2D eigenvalue weighted by molar-refractivity contribution is 6.37. The summed E-state index contributed by atoms with van der Waals surface area (Å²) in [6.45, 7) is 4.82. The highest BCUT2D eigenvalue weighted by Gasteiger charge is 2.21. The van der Waals surface area contributed by atoms with E-state index in [0.29, 0.717) is 27.4 Å². The normalized spacial score (nSPS) is 10.9. The van der Waals surface area contributed by atoms with E-state index in [1.165, 1.54) is 6.20 Å². The molecule has 0 atom stereocenters. The fourth-order valence-corrected chi connectivity index (χ4v) is 3.54. The van der Waals surface area contributed by atoms with Gasteiger partial charge >= 0.3 is 5.97 Å². The maximum absolute atomic E-state index is 12.9. The minimum absolute atomic E-state index is 0.127. The number of nitrogens with zero attached hydrogens (tertiary/aromatic N) is 3. The molecular formula is C23H18Cl2N4O4. The minimum atomic E-state index is -0.719. The molecule has 10 heteroatoms. The van der Waals surface area contributed by atoms with Gasteiger partial charge in [-0.05, 0) is 32.4 Å². The number of fused-ring (bicyclic) bond motifs is 1. The first kappa shape index (κ1) is 22.7. The Hall–Kier alpha value is -3.49. The van der Waals surface area contributed by atoms with Crippen molar-refractivity contribution in [1.82, 2.24) is 15.1 Å². The van der Waals surface area contributed by atoms with Crippen molar-refractivity contribution in [2.45, 2.75) is 20.8 Å². The van der Waals surface area contributed by atoms with Crippen molar-refractivity contribution >= 4 is 52.0 Å². The molecule has 0 aliphatic carbocycles. The minimum Gasteiger partial charge on any atom is -0.452 e. The van der Waals surface area contributed by atoms with Crippen molar-refractivity contribution in [3.8, 4) is 11.3 Å². The number of aryl methyl sites for hydroxylation is 2. The number of benzene rings is 1. The quantitative estimate of drug-likeness (QED) is 0.382. The number of aromatic nitrogens is 3. The number of nitrogens with one attached hydrogen (secondary N) is 1. The molecule has 0 saturated heterocycles. The maximum Gasteiger partial charge on any atom is 0.339 e. The van der Waals surface area contributed by atoms with E-state index in [1.54, 1.807) is 19.9 Å². The molecule has 0 saturated carbocycles. The number of halogens is 2. The maximum atomic E-state index is 12.9. The van der Waals surface area contributed by atoms with E-state index >= 15 is 0 Å². The lowest BCUT2D eigenvalue weighted by Crippen LogP contribution is -2.22. The van der Waals surface area contributed by atoms with Gasteiger partial charge in [0.25, 0.3) is 11.6 Å². The van der Waals surface area contributed by atoms with Gasteiger partial charge in [-0.1, -0.05) is 58.2 Å². The summed E-state index contributed by atoms with van der Waals surface area (Å²) in [4.78, 5) is 33.7. The van der Waals surface area contributed by atoms with Crippen LogP contribution in [0.15, 0.2) is 41.1 Å². The number of hydrogen-bond donors (Lipinski definition) is 1. The van der Waals surface area contributed by atoms with Crippen LogP contribution in [-0.4, -0.2) is 33.6 Å². The fraction of sp³-hybridized carbons (Fsp3) is 0.174. The first-order valence-electron chi connectivity index (χ1n) is 9.86. The molecule has 3 aromatic heterocycles. The van der Waals surface area contributed by atoms with Crippen LogP contribution in [0, 0.1) is 20.8 Å². The van der Waals surface area contributed by atoms with E-state index in [-0.39, 0.29) is 22.1 Å². The summed E-state index contributed by atoms with van der Waals surface area (Å²) in [6, 6.07) is 9.25. The second-order valence-corrected chi connectivity index (χ2v) is 8.17. The SMILES string of the molecule is Cc1ccc(-c2cc(C(=O)OCC(=O)Nc3ncc(Cl)c(C)c3Cl)c3c(C)noc3n2)cc1. The number of hydrogen-bond acceptors (Lipinski definition) is 7. The number of carbonyl (C=O) groups excluding carboxylic acids is 2. The molecule has 0 fully saturated rings. The summed E-state index contributed by atoms with van der Waals surface area (Å²) in [7, 11) is 0. The Morgan fingerprint density at radius 3 is 2.58 bits per heavy atom. The Kier molecular flexibility index (Phi) is 6.31. The molecule has 0 unspecified atom stereocenters. The molecule has 8 nitrogen and oxygen atoms in total. The van der Waals surface area contributed by atoms with Crippen LogP contribution in [0.3, 0.4) is 0 Å². The van der Waals surface area contributed by atoms with Crippen molar-refractivity contribution in [3.05, 3.63) is 69.0 Å². The molecule has 1 N–H and O–H groups in total. The lowest BCUT2D eigenvalue weighted by molar-refractivity contribution is -0.119. The van der Waals surface area contributed by atoms with Crippen molar-refractivity contribution < 1.29 is 18.8 Å². The average molecular weight is 485 g/mol. The van der Waals surface area contributed by atoms with Crippen molar-refractivity contribution in [3.63, 3.8) is 0 Å². The number of esters is 1. The van der Waals surface area contributed by atoms with E-state index in [0.717, 1.165) is 11.1 Å². The van der Waals surface area contributed by atoms with E-state index in [2.05, 4.69) is 20.4 Å². The number of rotatable bonds is 5. The van der Waals surface area contributed by atoms with Gasteiger partial charge in [0.05, 0.1) is 32.4 Å². The molecular weight excluding hydrogens is 467 g/mol. The molecule has 3 heterocycles. The number of carbonyl (C=O) groups is 2. The van der Waals surface area contributed by atoms with Crippen LogP contribution in [-0.2, 0) is 9.53 Å². The van der Waals surface area contributed by atoms with Crippen LogP contribution in [0.5, 0.6) is 0 Å². The Morgan fingerprint density at radius 1 is 1.12 bits per heavy atom. The van der Waals surface area contributed by atoms with Gasteiger partial charge in [-0.3, -0.25) is 4.79 Å². The number of anilines is 1. The standard InChI is InChI=1S/C23H18Cl2N4O4/c1-11-4-6-14(7-5-11)17-8-15(19-13(3)29-33-22(19)27-17)23(31)32-10-18(30)28-21-20(25)12(2)16(24)9-26-21/h4-9H,10H2,1-3H3,(H,26,28,30). The topological polar surface area (TPSA) is 107 Å². The molecule has 0 spiro atoms. The van der Waals surface area contributed by atoms with Crippen LogP contribution in [0.1, 0.15) is 27.2 Å². The molecule has 0 aliphatic rings. The lowest BCUT2D eigenvalue weighted by atomic mass is 10.0. The van der Waals surface area contributed by atoms with Gasteiger partial charge in [-0.2, -0.15) is 0 Å². The third kappa shape index (κ3) is 4.67. The molecule has 4 aromatic rings.